The van der Waals surface area contributed by atoms with Crippen LogP contribution >= 0.6 is 34.8 Å². The molecule has 1 heterocycles. The summed E-state index contributed by atoms with van der Waals surface area (Å²) in [6, 6.07) is 3.08. The van der Waals surface area contributed by atoms with Gasteiger partial charge in [-0.2, -0.15) is 0 Å². The van der Waals surface area contributed by atoms with E-state index in [1.807, 2.05) is 0 Å². The van der Waals surface area contributed by atoms with Gasteiger partial charge in [-0.15, -0.1) is 0 Å². The summed E-state index contributed by atoms with van der Waals surface area (Å²) in [4.78, 5) is 45.0. The van der Waals surface area contributed by atoms with Crippen molar-refractivity contribution in [3.05, 3.63) is 67.5 Å². The van der Waals surface area contributed by atoms with E-state index in [0.29, 0.717) is 48.9 Å². The van der Waals surface area contributed by atoms with Crippen LogP contribution in [0.5, 0.6) is 0 Å². The average molecular weight is 638 g/mol. The maximum atomic E-state index is 13.1. The van der Waals surface area contributed by atoms with E-state index in [4.69, 9.17) is 69.7 Å². The molecule has 1 aliphatic heterocycles. The Balaban J connectivity index is 0.000000915. The summed E-state index contributed by atoms with van der Waals surface area (Å²) in [6.45, 7) is 4.89. The van der Waals surface area contributed by atoms with Gasteiger partial charge in [0.15, 0.2) is 0 Å². The molecule has 1 aliphatic rings. The molecule has 0 amide bonds. The van der Waals surface area contributed by atoms with Crippen molar-refractivity contribution in [2.45, 2.75) is 19.8 Å². The SMILES string of the molecule is CCOC(=O)C1=C(COCCOCCN)NC(C)=C(C(=O)OC)[C@H]1c1c(Cl)ccc(Cl)c1Cl.O=C(O)C=CC(=O)O. The Morgan fingerprint density at radius 2 is 1.54 bits per heavy atom. The van der Waals surface area contributed by atoms with Gasteiger partial charge in [-0.1, -0.05) is 34.8 Å². The van der Waals surface area contributed by atoms with Crippen molar-refractivity contribution in [2.24, 2.45) is 5.73 Å². The highest BCUT2D eigenvalue weighted by Crippen LogP contribution is 2.46. The van der Waals surface area contributed by atoms with Crippen LogP contribution in [0.3, 0.4) is 0 Å². The van der Waals surface area contributed by atoms with Gasteiger partial charge in [-0.3, -0.25) is 0 Å². The topological polar surface area (TPSA) is 184 Å². The lowest BCUT2D eigenvalue weighted by Gasteiger charge is -2.32. The van der Waals surface area contributed by atoms with Gasteiger partial charge in [0, 0.05) is 35.0 Å². The highest BCUT2D eigenvalue weighted by Gasteiger charge is 2.41. The highest BCUT2D eigenvalue weighted by molar-refractivity contribution is 6.44. The monoisotopic (exact) mass is 636 g/mol. The molecule has 0 aromatic heterocycles. The summed E-state index contributed by atoms with van der Waals surface area (Å²) in [5.41, 5.74) is 6.82. The summed E-state index contributed by atoms with van der Waals surface area (Å²) in [7, 11) is 1.24. The number of ether oxygens (including phenoxy) is 4. The van der Waals surface area contributed by atoms with Crippen LogP contribution in [0.15, 0.2) is 46.8 Å². The fourth-order valence-corrected chi connectivity index (χ4v) is 4.31. The molecule has 0 spiro atoms. The van der Waals surface area contributed by atoms with Crippen molar-refractivity contribution in [3.63, 3.8) is 0 Å². The second kappa shape index (κ2) is 18.3. The molecule has 1 aromatic carbocycles. The van der Waals surface area contributed by atoms with E-state index in [2.05, 4.69) is 5.32 Å². The zero-order chi connectivity index (χ0) is 31.1. The Morgan fingerprint density at radius 3 is 2.07 bits per heavy atom. The van der Waals surface area contributed by atoms with E-state index < -0.39 is 29.8 Å². The minimum atomic E-state index is -1.26. The molecule has 0 unspecified atom stereocenters. The average Bonchev–Trinajstić information content (AvgIpc) is 2.91. The molecule has 0 saturated carbocycles. The minimum absolute atomic E-state index is 0.0121. The predicted octanol–water partition coefficient (Wildman–Crippen LogP) is 3.30. The molecule has 0 radical (unpaired) electrons. The van der Waals surface area contributed by atoms with Crippen molar-refractivity contribution in [2.75, 3.05) is 46.7 Å². The Morgan fingerprint density at radius 1 is 0.951 bits per heavy atom. The lowest BCUT2D eigenvalue weighted by Crippen LogP contribution is -2.35. The Kier molecular flexibility index (Phi) is 16.1. The number of halogens is 3. The van der Waals surface area contributed by atoms with Crippen LogP contribution in [0.4, 0.5) is 0 Å². The van der Waals surface area contributed by atoms with Crippen LogP contribution in [0, 0.1) is 0 Å². The maximum Gasteiger partial charge on any atom is 0.336 e. The van der Waals surface area contributed by atoms with Gasteiger partial charge in [-0.05, 0) is 26.0 Å². The van der Waals surface area contributed by atoms with Crippen molar-refractivity contribution in [1.29, 1.82) is 0 Å². The van der Waals surface area contributed by atoms with Gasteiger partial charge in [0.25, 0.3) is 0 Å². The largest absolute Gasteiger partial charge is 0.478 e. The van der Waals surface area contributed by atoms with Crippen LogP contribution in [0.2, 0.25) is 15.1 Å². The van der Waals surface area contributed by atoms with Gasteiger partial charge in [0.05, 0.1) is 73.0 Å². The van der Waals surface area contributed by atoms with Gasteiger partial charge in [0.1, 0.15) is 0 Å². The van der Waals surface area contributed by atoms with Crippen LogP contribution in [-0.2, 0) is 38.1 Å². The number of carboxylic acid groups (broad SMARTS) is 2. The number of rotatable bonds is 13. The van der Waals surface area contributed by atoms with E-state index in [-0.39, 0.29) is 46.0 Å². The van der Waals surface area contributed by atoms with Crippen molar-refractivity contribution in [1.82, 2.24) is 5.32 Å². The van der Waals surface area contributed by atoms with Crippen LogP contribution < -0.4 is 11.1 Å². The van der Waals surface area contributed by atoms with Crippen LogP contribution in [-0.4, -0.2) is 80.8 Å². The molecule has 0 saturated heterocycles. The fraction of sp³-hybridized carbons (Fsp3) is 0.385. The molecule has 5 N–H and O–H groups in total. The second-order valence-electron chi connectivity index (χ2n) is 7.92. The third-order valence-electron chi connectivity index (χ3n) is 5.16. The number of carbonyl (C=O) groups is 4. The molecule has 2 rings (SSSR count). The number of carbonyl (C=O) groups excluding carboxylic acids is 2. The lowest BCUT2D eigenvalue weighted by molar-refractivity contribution is -0.139. The number of carboxylic acids is 2. The van der Waals surface area contributed by atoms with Gasteiger partial charge in [-0.25, -0.2) is 19.2 Å². The van der Waals surface area contributed by atoms with Crippen LogP contribution in [0.25, 0.3) is 0 Å². The van der Waals surface area contributed by atoms with Crippen molar-refractivity contribution in [3.8, 4) is 0 Å². The molecule has 1 aromatic rings. The van der Waals surface area contributed by atoms with Crippen LogP contribution in [0.1, 0.15) is 25.3 Å². The first-order chi connectivity index (χ1) is 19.4. The van der Waals surface area contributed by atoms with E-state index in [0.717, 1.165) is 0 Å². The van der Waals surface area contributed by atoms with Crippen molar-refractivity contribution < 1.29 is 48.3 Å². The summed E-state index contributed by atoms with van der Waals surface area (Å²) >= 11 is 19.3. The zero-order valence-corrected chi connectivity index (χ0v) is 24.8. The zero-order valence-electron chi connectivity index (χ0n) is 22.5. The second-order valence-corrected chi connectivity index (χ2v) is 9.11. The number of nitrogens with one attached hydrogen (secondary N) is 1. The Labute approximate surface area is 251 Å². The molecule has 0 fully saturated rings. The summed E-state index contributed by atoms with van der Waals surface area (Å²) in [6.07, 6.45) is 1.12. The number of nitrogens with two attached hydrogens (primary N) is 1. The molecular formula is C26H31Cl3N2O10. The maximum absolute atomic E-state index is 13.1. The van der Waals surface area contributed by atoms with Gasteiger partial charge >= 0.3 is 23.9 Å². The minimum Gasteiger partial charge on any atom is -0.478 e. The number of hydrogen-bond acceptors (Lipinski definition) is 10. The number of allylic oxidation sites excluding steroid dienone is 1. The number of aliphatic carboxylic acids is 2. The standard InChI is InChI=1S/C22H27Cl3N2O6.C4H4O4/c1-4-33-22(29)18-15(11-32-10-9-31-8-7-26)27-12(2)16(21(28)30-3)19(18)17-13(23)5-6-14(24)20(17)25;5-3(6)1-2-4(7)8/h5-6,19,27H,4,7-11,26H2,1-3H3;1-2H,(H,5,6)(H,7,8)/t19-;/m0./s1. The molecule has 12 nitrogen and oxygen atoms in total. The molecule has 15 heteroatoms. The van der Waals surface area contributed by atoms with Gasteiger partial charge < -0.3 is 40.2 Å². The lowest BCUT2D eigenvalue weighted by atomic mass is 9.80. The molecule has 0 bridgehead atoms. The van der Waals surface area contributed by atoms with Gasteiger partial charge in [0.2, 0.25) is 0 Å². The van der Waals surface area contributed by atoms with Crippen molar-refractivity contribution >= 4 is 58.7 Å². The molecule has 1 atom stereocenters. The molecule has 0 aliphatic carbocycles. The predicted molar refractivity (Wildman–Crippen MR) is 151 cm³/mol. The van der Waals surface area contributed by atoms with E-state index in [9.17, 15) is 19.2 Å². The fourth-order valence-electron chi connectivity index (χ4n) is 3.56. The van der Waals surface area contributed by atoms with E-state index in [1.165, 1.54) is 13.2 Å². The molecule has 41 heavy (non-hydrogen) atoms. The third kappa shape index (κ3) is 11.0. The number of benzene rings is 1. The molecule has 226 valence electrons. The smallest absolute Gasteiger partial charge is 0.336 e. The normalized spacial score (nSPS) is 14.8. The third-order valence-corrected chi connectivity index (χ3v) is 6.31. The quantitative estimate of drug-likeness (QED) is 0.107. The number of esters is 2. The summed E-state index contributed by atoms with van der Waals surface area (Å²) < 4.78 is 21.3. The first kappa shape index (κ1) is 35.9. The number of hydrogen-bond donors (Lipinski definition) is 4. The first-order valence-corrected chi connectivity index (χ1v) is 13.1. The number of dihydropyridines is 1. The van der Waals surface area contributed by atoms with E-state index >= 15 is 0 Å². The Hall–Kier alpha value is -3.13. The highest BCUT2D eigenvalue weighted by atomic mass is 35.5. The molecular weight excluding hydrogens is 607 g/mol. The van der Waals surface area contributed by atoms with E-state index in [1.54, 1.807) is 19.9 Å². The summed E-state index contributed by atoms with van der Waals surface area (Å²) in [5.74, 6) is -4.83. The first-order valence-electron chi connectivity index (χ1n) is 12.0. The Bertz CT molecular complexity index is 1200. The number of methoxy groups -OCH3 is 1. The summed E-state index contributed by atoms with van der Waals surface area (Å²) in [5, 5.41) is 19.3.